The summed E-state index contributed by atoms with van der Waals surface area (Å²) in [6.45, 7) is 0.687. The number of hydrogen-bond acceptors (Lipinski definition) is 4. The van der Waals surface area contributed by atoms with Crippen molar-refractivity contribution in [2.24, 2.45) is 5.73 Å². The van der Waals surface area contributed by atoms with Crippen LogP contribution in [0.4, 0.5) is 0 Å². The van der Waals surface area contributed by atoms with Gasteiger partial charge in [0.15, 0.2) is 0 Å². The fourth-order valence-electron chi connectivity index (χ4n) is 0.239. The molecule has 2 N–H and O–H groups in total. The van der Waals surface area contributed by atoms with Crippen molar-refractivity contribution in [2.45, 2.75) is 6.42 Å². The molecule has 0 aliphatic carbocycles. The Morgan fingerprint density at radius 3 is 2.56 bits per heavy atom. The maximum absolute atomic E-state index is 9.69. The molecule has 0 aromatic carbocycles. The molecule has 0 fully saturated rings. The maximum Gasteiger partial charge on any atom is 1.00 e. The minimum atomic E-state index is -2.96. The molecule has 4 nitrogen and oxygen atoms in total. The first-order valence-corrected chi connectivity index (χ1v) is 3.53. The summed E-state index contributed by atoms with van der Waals surface area (Å²) in [5, 5.41) is 0. The van der Waals surface area contributed by atoms with E-state index in [4.69, 9.17) is 5.73 Å². The van der Waals surface area contributed by atoms with E-state index >= 15 is 0 Å². The van der Waals surface area contributed by atoms with E-state index in [-0.39, 0.29) is 58.0 Å². The van der Waals surface area contributed by atoms with Crippen molar-refractivity contribution in [2.75, 3.05) is 13.2 Å². The van der Waals surface area contributed by atoms with Crippen LogP contribution in [0, 0.1) is 0 Å². The molecule has 0 radical (unpaired) electrons. The van der Waals surface area contributed by atoms with E-state index in [1.807, 2.05) is 0 Å². The van der Waals surface area contributed by atoms with Crippen LogP contribution in [0.1, 0.15) is 6.42 Å². The van der Waals surface area contributed by atoms with Crippen molar-refractivity contribution >= 4 is 8.25 Å². The molecule has 0 rings (SSSR count). The largest absolute Gasteiger partial charge is 1.00 e. The zero-order valence-electron chi connectivity index (χ0n) is 5.42. The van der Waals surface area contributed by atoms with E-state index in [0.717, 1.165) is 0 Å². The van der Waals surface area contributed by atoms with Gasteiger partial charge in [-0.1, -0.05) is 0 Å². The Hall–Kier alpha value is 1.75. The molecule has 0 heterocycles. The molecule has 0 aromatic heterocycles. The molecule has 0 aliphatic rings. The molecule has 50 valence electrons. The second kappa shape index (κ2) is 9.75. The molecule has 0 aliphatic heterocycles. The van der Waals surface area contributed by atoms with Gasteiger partial charge in [0.1, 0.15) is 8.25 Å². The molecule has 0 amide bonds. The van der Waals surface area contributed by atoms with Gasteiger partial charge < -0.3 is 19.7 Å². The van der Waals surface area contributed by atoms with Crippen molar-refractivity contribution in [1.82, 2.24) is 0 Å². The standard InChI is InChI=1S/C3H10NO3P.K/c4-2-1-3-7-8(5)6;/h8H,1-4H2,(H,5,6);/q;+1/p-1. The Bertz CT molecular complexity index is 81.5. The summed E-state index contributed by atoms with van der Waals surface area (Å²) in [4.78, 5) is 9.69. The number of nitrogens with two attached hydrogens (primary N) is 1. The van der Waals surface area contributed by atoms with E-state index in [1.165, 1.54) is 0 Å². The van der Waals surface area contributed by atoms with Gasteiger partial charge in [-0.05, 0) is 13.0 Å². The number of hydrogen-bond donors (Lipinski definition) is 1. The Balaban J connectivity index is 0. The Morgan fingerprint density at radius 1 is 1.67 bits per heavy atom. The van der Waals surface area contributed by atoms with Crippen LogP contribution in [0.15, 0.2) is 0 Å². The molecule has 6 heteroatoms. The average Bonchev–Trinajstić information content (AvgIpc) is 1.66. The van der Waals surface area contributed by atoms with Crippen LogP contribution in [0.25, 0.3) is 0 Å². The smallest absolute Gasteiger partial charge is 0.781 e. The van der Waals surface area contributed by atoms with Crippen LogP contribution in [0.3, 0.4) is 0 Å². The van der Waals surface area contributed by atoms with Gasteiger partial charge in [-0.25, -0.2) is 0 Å². The summed E-state index contributed by atoms with van der Waals surface area (Å²) in [5.41, 5.74) is 5.04. The van der Waals surface area contributed by atoms with Gasteiger partial charge in [-0.15, -0.1) is 0 Å². The van der Waals surface area contributed by atoms with Crippen molar-refractivity contribution in [1.29, 1.82) is 0 Å². The van der Waals surface area contributed by atoms with Crippen LogP contribution in [0.2, 0.25) is 0 Å². The summed E-state index contributed by atoms with van der Waals surface area (Å²) in [6, 6.07) is 0. The minimum Gasteiger partial charge on any atom is -0.781 e. The minimum absolute atomic E-state index is 0. The Morgan fingerprint density at radius 2 is 2.22 bits per heavy atom. The molecule has 1 unspecified atom stereocenters. The maximum atomic E-state index is 9.69. The second-order valence-corrected chi connectivity index (χ2v) is 2.03. The molecule has 1 atom stereocenters. The SMILES string of the molecule is NCCCO[PH](=O)[O-].[K+]. The van der Waals surface area contributed by atoms with Gasteiger partial charge in [0.05, 0.1) is 6.61 Å². The Kier molecular flexibility index (Phi) is 14.5. The predicted molar refractivity (Wildman–Crippen MR) is 28.6 cm³/mol. The van der Waals surface area contributed by atoms with E-state index in [0.29, 0.717) is 13.0 Å². The summed E-state index contributed by atoms with van der Waals surface area (Å²) in [5.74, 6) is 0. The van der Waals surface area contributed by atoms with Crippen molar-refractivity contribution in [3.63, 3.8) is 0 Å². The predicted octanol–water partition coefficient (Wildman–Crippen LogP) is -3.89. The molecule has 0 bridgehead atoms. The summed E-state index contributed by atoms with van der Waals surface area (Å²) in [7, 11) is -2.96. The zero-order chi connectivity index (χ0) is 6.41. The zero-order valence-corrected chi connectivity index (χ0v) is 9.55. The van der Waals surface area contributed by atoms with Crippen LogP contribution >= 0.6 is 8.25 Å². The second-order valence-electron chi connectivity index (χ2n) is 1.24. The van der Waals surface area contributed by atoms with Crippen LogP contribution < -0.4 is 62.0 Å². The normalized spacial score (nSPS) is 12.2. The Labute approximate surface area is 97.5 Å². The molecule has 0 aromatic rings. The van der Waals surface area contributed by atoms with Gasteiger partial charge in [-0.2, -0.15) is 0 Å². The van der Waals surface area contributed by atoms with Gasteiger partial charge in [0.25, 0.3) is 0 Å². The monoisotopic (exact) mass is 177 g/mol. The average molecular weight is 177 g/mol. The van der Waals surface area contributed by atoms with Crippen molar-refractivity contribution in [3.05, 3.63) is 0 Å². The molecule has 0 spiro atoms. The third-order valence-corrected chi connectivity index (χ3v) is 1.01. The van der Waals surface area contributed by atoms with Gasteiger partial charge in [0, 0.05) is 0 Å². The van der Waals surface area contributed by atoms with Crippen LogP contribution in [-0.4, -0.2) is 13.2 Å². The quantitative estimate of drug-likeness (QED) is 0.270. The first-order chi connectivity index (χ1) is 3.77. The van der Waals surface area contributed by atoms with Crippen LogP contribution in [-0.2, 0) is 9.09 Å². The first kappa shape index (κ1) is 13.3. The molecule has 9 heavy (non-hydrogen) atoms. The molecular formula is C3H9KNO3P. The van der Waals surface area contributed by atoms with Crippen molar-refractivity contribution in [3.8, 4) is 0 Å². The summed E-state index contributed by atoms with van der Waals surface area (Å²) >= 11 is 0. The topological polar surface area (TPSA) is 75.4 Å². The third kappa shape index (κ3) is 12.8. The van der Waals surface area contributed by atoms with Gasteiger partial charge >= 0.3 is 51.4 Å². The van der Waals surface area contributed by atoms with E-state index < -0.39 is 8.25 Å². The van der Waals surface area contributed by atoms with E-state index in [2.05, 4.69) is 4.52 Å². The summed E-state index contributed by atoms with van der Waals surface area (Å²) < 4.78 is 13.9. The van der Waals surface area contributed by atoms with Crippen molar-refractivity contribution < 1.29 is 65.4 Å². The third-order valence-electron chi connectivity index (χ3n) is 0.568. The number of rotatable bonds is 4. The van der Waals surface area contributed by atoms with Gasteiger partial charge in [-0.3, -0.25) is 0 Å². The van der Waals surface area contributed by atoms with E-state index in [1.54, 1.807) is 0 Å². The first-order valence-electron chi connectivity index (χ1n) is 2.31. The molecule has 0 saturated carbocycles. The van der Waals surface area contributed by atoms with E-state index in [9.17, 15) is 9.46 Å². The fraction of sp³-hybridized carbons (Fsp3) is 1.00. The molecular weight excluding hydrogens is 168 g/mol. The summed E-state index contributed by atoms with van der Waals surface area (Å²) in [6.07, 6.45) is 0.596. The van der Waals surface area contributed by atoms with Crippen LogP contribution in [0.5, 0.6) is 0 Å². The fourth-order valence-corrected chi connectivity index (χ4v) is 0.550. The van der Waals surface area contributed by atoms with Gasteiger partial charge in [0.2, 0.25) is 0 Å². The molecule has 0 saturated heterocycles.